The second kappa shape index (κ2) is 8.00. The monoisotopic (exact) mass is 405 g/mol. The molecule has 0 aliphatic carbocycles. The van der Waals surface area contributed by atoms with Crippen molar-refractivity contribution in [3.63, 3.8) is 0 Å². The molecule has 0 spiro atoms. The maximum Gasteiger partial charge on any atom is 0.291 e. The molecule has 0 unspecified atom stereocenters. The minimum atomic E-state index is -0.437. The molecule has 2 aromatic carbocycles. The van der Waals surface area contributed by atoms with E-state index in [0.29, 0.717) is 22.8 Å². The minimum Gasteiger partial charge on any atom is -0.459 e. The van der Waals surface area contributed by atoms with E-state index in [0.717, 1.165) is 0 Å². The number of halogens is 1. The maximum absolute atomic E-state index is 13.1. The third-order valence-corrected chi connectivity index (χ3v) is 4.33. The summed E-state index contributed by atoms with van der Waals surface area (Å²) in [5.74, 6) is -0.969. The van der Waals surface area contributed by atoms with Crippen LogP contribution in [0.4, 0.5) is 15.8 Å². The lowest BCUT2D eigenvalue weighted by Gasteiger charge is -2.07. The van der Waals surface area contributed by atoms with E-state index in [2.05, 4.69) is 20.9 Å². The van der Waals surface area contributed by atoms with Gasteiger partial charge in [-0.05, 0) is 67.6 Å². The van der Waals surface area contributed by atoms with Crippen LogP contribution in [0.25, 0.3) is 5.69 Å². The second-order valence-electron chi connectivity index (χ2n) is 6.37. The molecule has 0 saturated carbocycles. The summed E-state index contributed by atoms with van der Waals surface area (Å²) in [6.07, 6.45) is 1.42. The smallest absolute Gasteiger partial charge is 0.291 e. The van der Waals surface area contributed by atoms with E-state index < -0.39 is 5.91 Å². The average Bonchev–Trinajstić information content (AvgIpc) is 3.40. The van der Waals surface area contributed by atoms with Crippen molar-refractivity contribution >= 4 is 23.2 Å². The van der Waals surface area contributed by atoms with Gasteiger partial charge in [0.25, 0.3) is 11.8 Å². The highest BCUT2D eigenvalue weighted by Gasteiger charge is 2.18. The molecule has 2 amide bonds. The lowest BCUT2D eigenvalue weighted by Crippen LogP contribution is -2.14. The van der Waals surface area contributed by atoms with Crippen LogP contribution in [0.1, 0.15) is 26.7 Å². The van der Waals surface area contributed by atoms with Gasteiger partial charge in [-0.25, -0.2) is 9.07 Å². The number of aromatic nitrogens is 3. The van der Waals surface area contributed by atoms with Crippen LogP contribution in [-0.2, 0) is 0 Å². The number of hydrogen-bond donors (Lipinski definition) is 2. The standard InChI is InChI=1S/C21H16FN5O3/c1-13-19(25-26-27(13)17-10-4-14(22)5-11-17)21(29)24-16-8-6-15(7-9-16)23-20(28)18-3-2-12-30-18/h2-12H,1H3,(H,23,28)(H,24,29). The summed E-state index contributed by atoms with van der Waals surface area (Å²) in [6.45, 7) is 1.70. The molecule has 4 rings (SSSR count). The molecule has 0 saturated heterocycles. The van der Waals surface area contributed by atoms with Crippen molar-refractivity contribution in [2.45, 2.75) is 6.92 Å². The van der Waals surface area contributed by atoms with Crippen molar-refractivity contribution in [2.75, 3.05) is 10.6 Å². The Balaban J connectivity index is 1.44. The number of benzene rings is 2. The van der Waals surface area contributed by atoms with Gasteiger partial charge in [0.15, 0.2) is 11.5 Å². The Morgan fingerprint density at radius 3 is 2.17 bits per heavy atom. The Labute approximate surface area is 170 Å². The summed E-state index contributed by atoms with van der Waals surface area (Å²) >= 11 is 0. The molecule has 0 aliphatic heterocycles. The first-order valence-electron chi connectivity index (χ1n) is 8.96. The first kappa shape index (κ1) is 19.1. The highest BCUT2D eigenvalue weighted by Crippen LogP contribution is 2.17. The fraction of sp³-hybridized carbons (Fsp3) is 0.0476. The van der Waals surface area contributed by atoms with Crippen molar-refractivity contribution in [3.8, 4) is 5.69 Å². The summed E-state index contributed by atoms with van der Waals surface area (Å²) in [7, 11) is 0. The lowest BCUT2D eigenvalue weighted by atomic mass is 10.2. The Bertz CT molecular complexity index is 1180. The fourth-order valence-electron chi connectivity index (χ4n) is 2.79. The quantitative estimate of drug-likeness (QED) is 0.526. The summed E-state index contributed by atoms with van der Waals surface area (Å²) in [6, 6.07) is 15.5. The van der Waals surface area contributed by atoms with E-state index in [1.807, 2.05) is 0 Å². The van der Waals surface area contributed by atoms with Crippen molar-refractivity contribution < 1.29 is 18.4 Å². The molecule has 0 aliphatic rings. The molecule has 0 atom stereocenters. The number of furan rings is 1. The van der Waals surface area contributed by atoms with Crippen LogP contribution >= 0.6 is 0 Å². The number of nitrogens with zero attached hydrogens (tertiary/aromatic N) is 3. The molecule has 0 bridgehead atoms. The Kier molecular flexibility index (Phi) is 5.08. The van der Waals surface area contributed by atoms with E-state index in [4.69, 9.17) is 4.42 Å². The topological polar surface area (TPSA) is 102 Å². The maximum atomic E-state index is 13.1. The van der Waals surface area contributed by atoms with E-state index in [9.17, 15) is 14.0 Å². The summed E-state index contributed by atoms with van der Waals surface area (Å²) in [5, 5.41) is 13.3. The average molecular weight is 405 g/mol. The zero-order chi connectivity index (χ0) is 21.1. The van der Waals surface area contributed by atoms with Gasteiger partial charge in [-0.2, -0.15) is 0 Å². The summed E-state index contributed by atoms with van der Waals surface area (Å²) < 4.78 is 19.6. The van der Waals surface area contributed by atoms with Gasteiger partial charge in [0.2, 0.25) is 0 Å². The normalized spacial score (nSPS) is 10.6. The molecule has 0 radical (unpaired) electrons. The van der Waals surface area contributed by atoms with E-state index in [-0.39, 0.29) is 23.2 Å². The molecule has 30 heavy (non-hydrogen) atoms. The van der Waals surface area contributed by atoms with E-state index >= 15 is 0 Å². The highest BCUT2D eigenvalue weighted by atomic mass is 19.1. The molecule has 4 aromatic rings. The number of amides is 2. The van der Waals surface area contributed by atoms with Crippen LogP contribution in [0, 0.1) is 12.7 Å². The van der Waals surface area contributed by atoms with Gasteiger partial charge in [-0.15, -0.1) is 5.10 Å². The summed E-state index contributed by atoms with van der Waals surface area (Å²) in [4.78, 5) is 24.6. The van der Waals surface area contributed by atoms with Crippen LogP contribution in [-0.4, -0.2) is 26.8 Å². The predicted molar refractivity (Wildman–Crippen MR) is 107 cm³/mol. The molecule has 2 N–H and O–H groups in total. The van der Waals surface area contributed by atoms with Gasteiger partial charge in [0, 0.05) is 11.4 Å². The summed E-state index contributed by atoms with van der Waals surface area (Å²) in [5.41, 5.74) is 2.33. The van der Waals surface area contributed by atoms with Crippen LogP contribution in [0.3, 0.4) is 0 Å². The molecular formula is C21H16FN5O3. The van der Waals surface area contributed by atoms with Gasteiger partial charge in [-0.3, -0.25) is 9.59 Å². The molecule has 8 nitrogen and oxygen atoms in total. The largest absolute Gasteiger partial charge is 0.459 e. The van der Waals surface area contributed by atoms with E-state index in [1.54, 1.807) is 55.5 Å². The van der Waals surface area contributed by atoms with Crippen molar-refractivity contribution in [2.24, 2.45) is 0 Å². The first-order valence-corrected chi connectivity index (χ1v) is 8.96. The third-order valence-electron chi connectivity index (χ3n) is 4.33. The van der Waals surface area contributed by atoms with Gasteiger partial charge < -0.3 is 15.1 Å². The molecule has 0 fully saturated rings. The number of rotatable bonds is 5. The number of carbonyl (C=O) groups is 2. The van der Waals surface area contributed by atoms with Gasteiger partial charge >= 0.3 is 0 Å². The molecule has 2 aromatic heterocycles. The van der Waals surface area contributed by atoms with Crippen molar-refractivity contribution in [1.29, 1.82) is 0 Å². The van der Waals surface area contributed by atoms with Crippen molar-refractivity contribution in [3.05, 3.63) is 89.9 Å². The Hall–Kier alpha value is -4.27. The highest BCUT2D eigenvalue weighted by molar-refractivity contribution is 6.04. The zero-order valence-electron chi connectivity index (χ0n) is 15.8. The number of anilines is 2. The van der Waals surface area contributed by atoms with E-state index in [1.165, 1.54) is 23.1 Å². The number of carbonyl (C=O) groups excluding carboxylic acids is 2. The molecule has 150 valence electrons. The molecule has 2 heterocycles. The fourth-order valence-corrected chi connectivity index (χ4v) is 2.79. The Morgan fingerprint density at radius 2 is 1.57 bits per heavy atom. The predicted octanol–water partition coefficient (Wildman–Crippen LogP) is 3.81. The minimum absolute atomic E-state index is 0.148. The number of nitrogens with one attached hydrogen (secondary N) is 2. The van der Waals surface area contributed by atoms with Crippen LogP contribution in [0.2, 0.25) is 0 Å². The Morgan fingerprint density at radius 1 is 0.933 bits per heavy atom. The first-order chi connectivity index (χ1) is 14.5. The second-order valence-corrected chi connectivity index (χ2v) is 6.37. The zero-order valence-corrected chi connectivity index (χ0v) is 15.8. The SMILES string of the molecule is Cc1c(C(=O)Nc2ccc(NC(=O)c3ccco3)cc2)nnn1-c1ccc(F)cc1. The lowest BCUT2D eigenvalue weighted by molar-refractivity contribution is 0.0994. The van der Waals surface area contributed by atoms with Gasteiger partial charge in [0.05, 0.1) is 17.6 Å². The third kappa shape index (κ3) is 3.95. The number of hydrogen-bond acceptors (Lipinski definition) is 5. The molecular weight excluding hydrogens is 389 g/mol. The van der Waals surface area contributed by atoms with Crippen LogP contribution in [0.15, 0.2) is 71.3 Å². The van der Waals surface area contributed by atoms with Gasteiger partial charge in [-0.1, -0.05) is 5.21 Å². The van der Waals surface area contributed by atoms with Crippen LogP contribution < -0.4 is 10.6 Å². The van der Waals surface area contributed by atoms with Crippen LogP contribution in [0.5, 0.6) is 0 Å². The van der Waals surface area contributed by atoms with Gasteiger partial charge in [0.1, 0.15) is 5.82 Å². The molecule has 9 heteroatoms. The van der Waals surface area contributed by atoms with Crippen molar-refractivity contribution in [1.82, 2.24) is 15.0 Å².